The lowest BCUT2D eigenvalue weighted by Gasteiger charge is -2.22. The van der Waals surface area contributed by atoms with Gasteiger partial charge in [-0.3, -0.25) is 0 Å². The first kappa shape index (κ1) is 9.91. The van der Waals surface area contributed by atoms with Crippen molar-refractivity contribution in [3.63, 3.8) is 0 Å². The quantitative estimate of drug-likeness (QED) is 0.508. The lowest BCUT2D eigenvalue weighted by molar-refractivity contribution is 1.72. The van der Waals surface area contributed by atoms with Gasteiger partial charge in [0.25, 0.3) is 0 Å². The Labute approximate surface area is 125 Å². The van der Waals surface area contributed by atoms with Crippen LogP contribution in [-0.2, 0) is 0 Å². The zero-order valence-corrected chi connectivity index (χ0v) is 12.0. The van der Waals surface area contributed by atoms with Crippen LogP contribution >= 0.6 is 7.26 Å². The van der Waals surface area contributed by atoms with E-state index in [1.54, 1.807) is 0 Å². The minimum atomic E-state index is -2.74. The predicted octanol–water partition coefficient (Wildman–Crippen LogP) is 3.61. The predicted molar refractivity (Wildman–Crippen MR) is 91.1 cm³/mol. The van der Waals surface area contributed by atoms with E-state index in [4.69, 9.17) is 4.11 Å². The van der Waals surface area contributed by atoms with E-state index < -0.39 is 13.9 Å². The molecule has 98 valence electrons. The second-order valence-corrected chi connectivity index (χ2v) is 7.57. The molecule has 20 heavy (non-hydrogen) atoms. The van der Waals surface area contributed by atoms with Crippen LogP contribution < -0.4 is 15.9 Å². The van der Waals surface area contributed by atoms with Crippen LogP contribution in [-0.4, -0.2) is 6.59 Å². The lowest BCUT2D eigenvalue weighted by Crippen LogP contribution is -2.30. The Morgan fingerprint density at radius 1 is 0.550 bits per heavy atom. The minimum absolute atomic E-state index is 0.886. The molecule has 0 amide bonds. The van der Waals surface area contributed by atoms with Gasteiger partial charge >= 0.3 is 0 Å². The summed E-state index contributed by atoms with van der Waals surface area (Å²) in [6, 6.07) is 29.0. The number of hydrogen-bond acceptors (Lipinski definition) is 0. The van der Waals surface area contributed by atoms with Crippen LogP contribution in [0.5, 0.6) is 0 Å². The van der Waals surface area contributed by atoms with Gasteiger partial charge in [-0.15, -0.1) is 0 Å². The molecule has 0 nitrogen and oxygen atoms in total. The van der Waals surface area contributed by atoms with E-state index in [-0.39, 0.29) is 0 Å². The molecule has 0 N–H and O–H groups in total. The van der Waals surface area contributed by atoms with E-state index in [1.165, 1.54) is 0 Å². The summed E-state index contributed by atoms with van der Waals surface area (Å²) < 4.78 is 25.3. The molecule has 0 saturated carbocycles. The van der Waals surface area contributed by atoms with Crippen LogP contribution in [0.3, 0.4) is 0 Å². The van der Waals surface area contributed by atoms with E-state index in [2.05, 4.69) is 0 Å². The molecule has 3 aromatic rings. The van der Waals surface area contributed by atoms with Crippen molar-refractivity contribution < 1.29 is 4.11 Å². The highest BCUT2D eigenvalue weighted by Gasteiger charge is 2.39. The molecule has 3 aromatic carbocycles. The second-order valence-electron chi connectivity index (χ2n) is 4.68. The van der Waals surface area contributed by atoms with Gasteiger partial charge < -0.3 is 0 Å². The van der Waals surface area contributed by atoms with Gasteiger partial charge in [-0.25, -0.2) is 0 Å². The topological polar surface area (TPSA) is 0 Å². The fraction of sp³-hybridized carbons (Fsp3) is 0.0526. The van der Waals surface area contributed by atoms with Crippen LogP contribution in [0.4, 0.5) is 0 Å². The summed E-state index contributed by atoms with van der Waals surface area (Å²) in [5.41, 5.74) is 0. The molecule has 0 fully saturated rings. The van der Waals surface area contributed by atoms with Gasteiger partial charge in [0, 0.05) is 0 Å². The highest BCUT2D eigenvalue weighted by Crippen LogP contribution is 2.51. The zero-order valence-electron chi connectivity index (χ0n) is 14.1. The summed E-state index contributed by atoms with van der Waals surface area (Å²) >= 11 is 0. The van der Waals surface area contributed by atoms with Crippen molar-refractivity contribution in [1.29, 1.82) is 0 Å². The van der Waals surface area contributed by atoms with Gasteiger partial charge in [0.15, 0.2) is 0 Å². The van der Waals surface area contributed by atoms with Gasteiger partial charge in [0.2, 0.25) is 0 Å². The maximum Gasteiger partial charge on any atom is 0.109 e. The van der Waals surface area contributed by atoms with E-state index in [9.17, 15) is 0 Å². The number of hydrogen-bond donors (Lipinski definition) is 0. The molecule has 0 aliphatic rings. The Kier molecular flexibility index (Phi) is 2.78. The van der Waals surface area contributed by atoms with E-state index in [0.717, 1.165) is 15.9 Å². The summed E-state index contributed by atoms with van der Waals surface area (Å²) in [5.74, 6) is 0. The summed E-state index contributed by atoms with van der Waals surface area (Å²) in [5, 5.41) is 2.66. The second kappa shape index (κ2) is 5.61. The normalized spacial score (nSPS) is 14.1. The smallest absolute Gasteiger partial charge is 0.0620 e. The Bertz CT molecular complexity index is 656. The SMILES string of the molecule is [2H][13C]([2H])([2H])[P+](c1ccccc1)(c1ccccc1)c1ccccc1. The van der Waals surface area contributed by atoms with Gasteiger partial charge in [0.1, 0.15) is 23.2 Å². The van der Waals surface area contributed by atoms with Crippen molar-refractivity contribution in [2.45, 2.75) is 0 Å². The molecule has 0 saturated heterocycles. The third-order valence-electron chi connectivity index (χ3n) is 3.43. The molecule has 0 radical (unpaired) electrons. The Morgan fingerprint density at radius 3 is 1.10 bits per heavy atom. The van der Waals surface area contributed by atoms with Crippen molar-refractivity contribution in [3.8, 4) is 0 Å². The summed E-state index contributed by atoms with van der Waals surface area (Å²) in [7, 11) is -2.74. The van der Waals surface area contributed by atoms with Crippen molar-refractivity contribution in [3.05, 3.63) is 91.0 Å². The lowest BCUT2D eigenvalue weighted by atomic mass is 10.4. The number of benzene rings is 3. The van der Waals surface area contributed by atoms with E-state index in [1.807, 2.05) is 91.0 Å². The average Bonchev–Trinajstić information content (AvgIpc) is 2.57. The highest BCUT2D eigenvalue weighted by atomic mass is 31.2. The summed E-state index contributed by atoms with van der Waals surface area (Å²) in [4.78, 5) is 0. The van der Waals surface area contributed by atoms with Gasteiger partial charge in [-0.05, 0) is 36.4 Å². The van der Waals surface area contributed by atoms with Crippen LogP contribution in [0.25, 0.3) is 0 Å². The first-order chi connectivity index (χ1) is 11.1. The monoisotopic (exact) mass is 281 g/mol. The molecule has 0 bridgehead atoms. The summed E-state index contributed by atoms with van der Waals surface area (Å²) in [6.07, 6.45) is 0. The molecule has 1 heteroatoms. The maximum atomic E-state index is 8.43. The molecule has 0 aromatic heterocycles. The molecule has 0 spiro atoms. The third kappa shape index (κ3) is 2.28. The molecule has 0 unspecified atom stereocenters. The van der Waals surface area contributed by atoms with Crippen molar-refractivity contribution in [2.75, 3.05) is 6.59 Å². The average molecular weight is 281 g/mol. The van der Waals surface area contributed by atoms with E-state index >= 15 is 0 Å². The first-order valence-corrected chi connectivity index (χ1v) is 8.42. The highest BCUT2D eigenvalue weighted by molar-refractivity contribution is 7.95. The van der Waals surface area contributed by atoms with Crippen molar-refractivity contribution in [2.24, 2.45) is 0 Å². The first-order valence-electron chi connectivity index (χ1n) is 8.13. The van der Waals surface area contributed by atoms with Crippen LogP contribution in [0.2, 0.25) is 0 Å². The van der Waals surface area contributed by atoms with Crippen LogP contribution in [0.1, 0.15) is 4.11 Å². The number of rotatable bonds is 3. The van der Waals surface area contributed by atoms with Gasteiger partial charge in [-0.1, -0.05) is 54.6 Å². The molecular formula is C19H18P+. The van der Waals surface area contributed by atoms with E-state index in [0.29, 0.717) is 0 Å². The largest absolute Gasteiger partial charge is 0.109 e. The zero-order chi connectivity index (χ0) is 16.3. The van der Waals surface area contributed by atoms with Crippen LogP contribution in [0.15, 0.2) is 91.0 Å². The van der Waals surface area contributed by atoms with Crippen molar-refractivity contribution in [1.82, 2.24) is 0 Å². The summed E-state index contributed by atoms with van der Waals surface area (Å²) in [6.45, 7) is -2.11. The molecule has 0 heterocycles. The maximum absolute atomic E-state index is 8.43. The fourth-order valence-electron chi connectivity index (χ4n) is 2.40. The third-order valence-corrected chi connectivity index (χ3v) is 6.65. The standard InChI is InChI=1S/C19H18P/c1-20(17-11-5-2-6-12-17,18-13-7-3-8-14-18)19-15-9-4-10-16-19/h2-16H,1H3/q+1/i1+1D3. The molecule has 0 aliphatic carbocycles. The molecule has 0 atom stereocenters. The Morgan fingerprint density at radius 2 is 0.850 bits per heavy atom. The molecule has 0 aliphatic heterocycles. The fourth-order valence-corrected chi connectivity index (χ4v) is 5.15. The van der Waals surface area contributed by atoms with Gasteiger partial charge in [0.05, 0.1) is 10.7 Å². The Hall–Kier alpha value is -1.91. The molecular weight excluding hydrogens is 260 g/mol. The van der Waals surface area contributed by atoms with Crippen molar-refractivity contribution >= 4 is 23.2 Å². The minimum Gasteiger partial charge on any atom is -0.0620 e. The Balaban J connectivity index is 2.41. The molecule has 3 rings (SSSR count). The van der Waals surface area contributed by atoms with Gasteiger partial charge in [-0.2, -0.15) is 0 Å². The van der Waals surface area contributed by atoms with Crippen LogP contribution in [0, 0.1) is 0 Å².